The molecule has 0 radical (unpaired) electrons. The van der Waals surface area contributed by atoms with Crippen LogP contribution >= 0.6 is 12.4 Å². The number of hydrogen-bond acceptors (Lipinski definition) is 8. The predicted molar refractivity (Wildman–Crippen MR) is 170 cm³/mol. The molecule has 1 N–H and O–H groups in total. The number of hydroxylamine groups is 2. The van der Waals surface area contributed by atoms with Gasteiger partial charge in [-0.25, -0.2) is 21.9 Å². The highest BCUT2D eigenvalue weighted by atomic mass is 35.5. The lowest BCUT2D eigenvalue weighted by Crippen LogP contribution is -2.37. The van der Waals surface area contributed by atoms with Crippen molar-refractivity contribution in [2.24, 2.45) is 23.7 Å². The Hall–Kier alpha value is -0.950. The molecule has 2 saturated carbocycles. The molecule has 0 atom stereocenters. The second-order valence-electron chi connectivity index (χ2n) is 13.2. The molecule has 0 unspecified atom stereocenters. The first kappa shape index (κ1) is 43.2. The smallest absolute Gasteiger partial charge is 0.306 e. The average molecular weight is 664 g/mol. The minimum absolute atomic E-state index is 0. The van der Waals surface area contributed by atoms with Crippen molar-refractivity contribution in [2.45, 2.75) is 109 Å². The van der Waals surface area contributed by atoms with Crippen LogP contribution in [0, 0.1) is 23.7 Å². The van der Waals surface area contributed by atoms with E-state index in [-0.39, 0.29) is 53.5 Å². The van der Waals surface area contributed by atoms with Crippen molar-refractivity contribution < 1.29 is 41.1 Å². The minimum atomic E-state index is -3.08. The fourth-order valence-corrected chi connectivity index (χ4v) is 7.53. The summed E-state index contributed by atoms with van der Waals surface area (Å²) < 4.78 is 51.6. The van der Waals surface area contributed by atoms with E-state index >= 15 is 0 Å². The van der Waals surface area contributed by atoms with Crippen molar-refractivity contribution in [2.75, 3.05) is 39.4 Å². The lowest BCUT2D eigenvalue weighted by molar-refractivity contribution is -0.174. The number of aliphatic carboxylic acids is 1. The van der Waals surface area contributed by atoms with Gasteiger partial charge in [0.1, 0.15) is 0 Å². The Morgan fingerprint density at radius 1 is 0.738 bits per heavy atom. The lowest BCUT2D eigenvalue weighted by Gasteiger charge is -2.31. The third-order valence-electron chi connectivity index (χ3n) is 8.04. The quantitative estimate of drug-likeness (QED) is 0.347. The van der Waals surface area contributed by atoms with Gasteiger partial charge in [0.25, 0.3) is 0 Å². The molecule has 0 bridgehead atoms. The number of nitrogens with zero attached hydrogens (tertiary/aromatic N) is 1. The summed E-state index contributed by atoms with van der Waals surface area (Å²) in [4.78, 5) is 27.7. The fourth-order valence-electron chi connectivity index (χ4n) is 4.62. The summed E-state index contributed by atoms with van der Waals surface area (Å²) in [6, 6.07) is 0. The Kier molecular flexibility index (Phi) is 19.3. The van der Waals surface area contributed by atoms with Crippen molar-refractivity contribution in [1.29, 1.82) is 0 Å². The van der Waals surface area contributed by atoms with Crippen LogP contribution in [0.3, 0.4) is 0 Å². The summed E-state index contributed by atoms with van der Waals surface area (Å²) in [5, 5.41) is 10.1. The van der Waals surface area contributed by atoms with Crippen molar-refractivity contribution in [3.63, 3.8) is 0 Å². The first-order chi connectivity index (χ1) is 18.6. The maximum absolute atomic E-state index is 12.2. The van der Waals surface area contributed by atoms with E-state index in [1.165, 1.54) is 12.2 Å². The molecule has 2 fully saturated rings. The summed E-state index contributed by atoms with van der Waals surface area (Å²) >= 11 is 0. The number of carbonyl (C=O) groups is 2. The van der Waals surface area contributed by atoms with Crippen LogP contribution in [0.25, 0.3) is 0 Å². The summed E-state index contributed by atoms with van der Waals surface area (Å²) in [5.74, 6) is -0.324. The first-order valence-electron chi connectivity index (χ1n) is 14.6. The molecule has 0 aromatic carbocycles. The lowest BCUT2D eigenvalue weighted by atomic mass is 9.82. The number of methoxy groups -OCH3 is 1. The number of carboxylic acids is 1. The molecular formula is C29H58ClNO9S2. The van der Waals surface area contributed by atoms with Gasteiger partial charge in [-0.2, -0.15) is 0 Å². The molecule has 2 aliphatic carbocycles. The normalized spacial score (nSPS) is 23.2. The van der Waals surface area contributed by atoms with Crippen LogP contribution in [0.4, 0.5) is 0 Å². The summed E-state index contributed by atoms with van der Waals surface area (Å²) in [6.07, 6.45) is 5.73. The summed E-state index contributed by atoms with van der Waals surface area (Å²) in [6.45, 7) is 13.1. The van der Waals surface area contributed by atoms with Gasteiger partial charge in [-0.3, -0.25) is 14.4 Å². The second kappa shape index (κ2) is 18.8. The van der Waals surface area contributed by atoms with E-state index in [4.69, 9.17) is 9.94 Å². The number of hydrogen-bond donors (Lipinski definition) is 1. The zero-order valence-corrected chi connectivity index (χ0v) is 29.9. The van der Waals surface area contributed by atoms with Crippen molar-refractivity contribution in [1.82, 2.24) is 5.06 Å². The molecule has 0 aromatic heterocycles. The van der Waals surface area contributed by atoms with Crippen LogP contribution in [0.1, 0.15) is 99.8 Å². The van der Waals surface area contributed by atoms with E-state index in [1.807, 2.05) is 6.92 Å². The fraction of sp³-hybridized carbons (Fsp3) is 0.931. The molecule has 0 heterocycles. The second-order valence-corrected chi connectivity index (χ2v) is 18.7. The Morgan fingerprint density at radius 3 is 1.29 bits per heavy atom. The molecule has 10 nitrogen and oxygen atoms in total. The van der Waals surface area contributed by atoms with E-state index in [0.29, 0.717) is 25.7 Å². The topological polar surface area (TPSA) is 144 Å². The number of ether oxygens (including phenoxy) is 1. The van der Waals surface area contributed by atoms with Crippen LogP contribution in [-0.2, 0) is 38.8 Å². The van der Waals surface area contributed by atoms with Crippen LogP contribution in [-0.4, -0.2) is 87.8 Å². The van der Waals surface area contributed by atoms with Gasteiger partial charge in [-0.15, -0.1) is 12.4 Å². The number of sulfone groups is 2. The molecule has 0 spiro atoms. The molecule has 0 aromatic rings. The third-order valence-corrected chi connectivity index (χ3v) is 13.6. The van der Waals surface area contributed by atoms with Crippen LogP contribution in [0.15, 0.2) is 0 Å². The Labute approximate surface area is 261 Å². The summed E-state index contributed by atoms with van der Waals surface area (Å²) in [5.41, 5.74) is 0. The monoisotopic (exact) mass is 663 g/mol. The molecule has 0 saturated heterocycles. The van der Waals surface area contributed by atoms with E-state index in [9.17, 15) is 26.4 Å². The standard InChI is InChI=1S/C14H27NO4S.C12H22O4S.C3H8O.ClH/c1-14(2,3)20(17,18)10-11-6-8-12(9-7-11)13(16)15(4)19-5;1-12(2,3)17(15,16)8-9-4-6-10(7-5-9)11(13)14;1-3-4-2;/h11-12H,6-10H2,1-5H3;9-10H,4-8H2,1-3H3,(H,13,14);3H2,1-2H3;1H. The van der Waals surface area contributed by atoms with E-state index in [1.54, 1.807) is 55.7 Å². The first-order valence-corrected chi connectivity index (χ1v) is 17.9. The maximum atomic E-state index is 12.2. The van der Waals surface area contributed by atoms with Gasteiger partial charge in [0.15, 0.2) is 19.7 Å². The van der Waals surface area contributed by atoms with Gasteiger partial charge in [0, 0.05) is 26.7 Å². The van der Waals surface area contributed by atoms with Gasteiger partial charge < -0.3 is 9.84 Å². The number of halogens is 1. The van der Waals surface area contributed by atoms with E-state index < -0.39 is 35.1 Å². The van der Waals surface area contributed by atoms with E-state index in [0.717, 1.165) is 32.3 Å². The molecule has 42 heavy (non-hydrogen) atoms. The molecule has 2 rings (SSSR count). The van der Waals surface area contributed by atoms with Crippen molar-refractivity contribution in [3.8, 4) is 0 Å². The molecule has 2 aliphatic rings. The zero-order chi connectivity index (χ0) is 32.2. The number of amides is 1. The number of carbonyl (C=O) groups excluding carboxylic acids is 1. The largest absolute Gasteiger partial charge is 0.481 e. The maximum Gasteiger partial charge on any atom is 0.306 e. The Morgan fingerprint density at radius 2 is 1.05 bits per heavy atom. The van der Waals surface area contributed by atoms with Gasteiger partial charge in [0.05, 0.1) is 34.0 Å². The Balaban J connectivity index is 0. The highest BCUT2D eigenvalue weighted by Crippen LogP contribution is 2.33. The van der Waals surface area contributed by atoms with Crippen LogP contribution < -0.4 is 0 Å². The van der Waals surface area contributed by atoms with Crippen molar-refractivity contribution in [3.05, 3.63) is 0 Å². The molecular weight excluding hydrogens is 606 g/mol. The molecule has 0 aliphatic heterocycles. The molecule has 1 amide bonds. The predicted octanol–water partition coefficient (Wildman–Crippen LogP) is 5.19. The van der Waals surface area contributed by atoms with E-state index in [2.05, 4.69) is 4.74 Å². The minimum Gasteiger partial charge on any atom is -0.481 e. The molecule has 13 heteroatoms. The summed E-state index contributed by atoms with van der Waals surface area (Å²) in [7, 11) is -1.40. The van der Waals surface area contributed by atoms with Gasteiger partial charge >= 0.3 is 5.97 Å². The molecule has 252 valence electrons. The highest BCUT2D eigenvalue weighted by Gasteiger charge is 2.36. The van der Waals surface area contributed by atoms with Crippen LogP contribution in [0.5, 0.6) is 0 Å². The average Bonchev–Trinajstić information content (AvgIpc) is 2.87. The highest BCUT2D eigenvalue weighted by molar-refractivity contribution is 7.93. The number of rotatable bonds is 8. The zero-order valence-electron chi connectivity index (χ0n) is 27.5. The SMILES string of the molecule is CC(C)(C)S(=O)(=O)CC1CCC(C(=O)O)CC1.CCOC.CON(C)C(=O)C1CCC(CS(=O)(=O)C(C)(C)C)CC1.Cl. The van der Waals surface area contributed by atoms with Gasteiger partial charge in [-0.1, -0.05) is 0 Å². The number of carboxylic acid groups (broad SMARTS) is 1. The van der Waals surface area contributed by atoms with Crippen molar-refractivity contribution >= 4 is 44.0 Å². The van der Waals surface area contributed by atoms with Crippen LogP contribution in [0.2, 0.25) is 0 Å². The van der Waals surface area contributed by atoms with Gasteiger partial charge in [-0.05, 0) is 112 Å². The van der Waals surface area contributed by atoms with Gasteiger partial charge in [0.2, 0.25) is 5.91 Å². The Bertz CT molecular complexity index is 1000. The third kappa shape index (κ3) is 14.7.